The summed E-state index contributed by atoms with van der Waals surface area (Å²) in [6.07, 6.45) is 0. The lowest BCUT2D eigenvalue weighted by Crippen LogP contribution is -2.39. The molecular weight excluding hydrogens is 481 g/mol. The summed E-state index contributed by atoms with van der Waals surface area (Å²) in [5.41, 5.74) is 1.27. The molecule has 2 aromatic rings. The van der Waals surface area contributed by atoms with E-state index in [1.165, 1.54) is 5.56 Å². The van der Waals surface area contributed by atoms with E-state index in [4.69, 9.17) is 0 Å². The van der Waals surface area contributed by atoms with Crippen LogP contribution in [0.2, 0.25) is 0 Å². The molecule has 8 heteroatoms. The number of sulfone groups is 1. The van der Waals surface area contributed by atoms with Crippen molar-refractivity contribution in [3.8, 4) is 0 Å². The number of hydrogen-bond donors (Lipinski definition) is 2. The lowest BCUT2D eigenvalue weighted by Gasteiger charge is -2.13. The van der Waals surface area contributed by atoms with Crippen molar-refractivity contribution < 1.29 is 8.42 Å². The molecule has 1 aromatic heterocycles. The number of thiophene rings is 1. The smallest absolute Gasteiger partial charge is 0.191 e. The predicted molar refractivity (Wildman–Crippen MR) is 121 cm³/mol. The van der Waals surface area contributed by atoms with Gasteiger partial charge in [-0.05, 0) is 41.4 Å². The Morgan fingerprint density at radius 1 is 1.19 bits per heavy atom. The van der Waals surface area contributed by atoms with Gasteiger partial charge in [-0.2, -0.15) is 11.3 Å². The van der Waals surface area contributed by atoms with Crippen LogP contribution in [0.3, 0.4) is 0 Å². The minimum Gasteiger partial charge on any atom is -0.357 e. The fourth-order valence-corrected chi connectivity index (χ4v) is 4.24. The second-order valence-electron chi connectivity index (χ2n) is 5.74. The SMILES string of the molecule is CCNC(=NCC(C)c1ccsc1)NCCS(=O)(=O)c1ccccc1.I. The van der Waals surface area contributed by atoms with Crippen molar-refractivity contribution in [1.82, 2.24) is 10.6 Å². The van der Waals surface area contributed by atoms with Gasteiger partial charge in [0.2, 0.25) is 0 Å². The molecule has 2 N–H and O–H groups in total. The van der Waals surface area contributed by atoms with E-state index < -0.39 is 9.84 Å². The van der Waals surface area contributed by atoms with Gasteiger partial charge in [0.05, 0.1) is 10.6 Å². The maximum Gasteiger partial charge on any atom is 0.191 e. The highest BCUT2D eigenvalue weighted by Gasteiger charge is 2.13. The van der Waals surface area contributed by atoms with E-state index in [2.05, 4.69) is 39.4 Å². The van der Waals surface area contributed by atoms with E-state index in [1.54, 1.807) is 35.6 Å². The van der Waals surface area contributed by atoms with Crippen molar-refractivity contribution in [3.63, 3.8) is 0 Å². The zero-order valence-electron chi connectivity index (χ0n) is 15.0. The normalized spacial score (nSPS) is 12.9. The Balaban J connectivity index is 0.00000338. The number of rotatable bonds is 8. The third kappa shape index (κ3) is 7.24. The Bertz CT molecular complexity index is 763. The lowest BCUT2D eigenvalue weighted by atomic mass is 10.1. The van der Waals surface area contributed by atoms with E-state index in [0.717, 1.165) is 6.54 Å². The number of nitrogens with zero attached hydrogens (tertiary/aromatic N) is 1. The zero-order chi connectivity index (χ0) is 18.1. The molecule has 0 bridgehead atoms. The molecule has 1 aromatic carbocycles. The second kappa shape index (κ2) is 11.6. The minimum atomic E-state index is -3.28. The highest BCUT2D eigenvalue weighted by Crippen LogP contribution is 2.18. The third-order valence-electron chi connectivity index (χ3n) is 3.75. The number of benzene rings is 1. The van der Waals surface area contributed by atoms with Gasteiger partial charge in [-0.15, -0.1) is 24.0 Å². The molecule has 1 heterocycles. The molecule has 0 spiro atoms. The number of halogens is 1. The van der Waals surface area contributed by atoms with Gasteiger partial charge in [0, 0.05) is 25.6 Å². The van der Waals surface area contributed by atoms with Gasteiger partial charge in [0.25, 0.3) is 0 Å². The summed E-state index contributed by atoms with van der Waals surface area (Å²) in [5, 5.41) is 10.5. The van der Waals surface area contributed by atoms with Crippen molar-refractivity contribution in [2.24, 2.45) is 4.99 Å². The van der Waals surface area contributed by atoms with E-state index in [1.807, 2.05) is 13.0 Å². The molecule has 2 rings (SSSR count). The van der Waals surface area contributed by atoms with Crippen LogP contribution in [0.25, 0.3) is 0 Å². The molecule has 0 aliphatic rings. The van der Waals surface area contributed by atoms with Crippen molar-refractivity contribution in [1.29, 1.82) is 0 Å². The Morgan fingerprint density at radius 3 is 2.54 bits per heavy atom. The summed E-state index contributed by atoms with van der Waals surface area (Å²) >= 11 is 1.68. The molecule has 0 saturated heterocycles. The Kier molecular flexibility index (Phi) is 10.2. The Morgan fingerprint density at radius 2 is 1.92 bits per heavy atom. The molecular formula is C18H26IN3O2S2. The monoisotopic (exact) mass is 507 g/mol. The van der Waals surface area contributed by atoms with Crippen LogP contribution in [0, 0.1) is 0 Å². The largest absolute Gasteiger partial charge is 0.357 e. The van der Waals surface area contributed by atoms with Crippen molar-refractivity contribution in [2.45, 2.75) is 24.7 Å². The standard InChI is InChI=1S/C18H25N3O2S2.HI/c1-3-19-18(21-13-15(2)16-9-11-24-14-16)20-10-12-25(22,23)17-7-5-4-6-8-17;/h4-9,11,14-15H,3,10,12-13H2,1-2H3,(H2,19,20,21);1H. The molecule has 0 fully saturated rings. The van der Waals surface area contributed by atoms with Gasteiger partial charge in [0.1, 0.15) is 0 Å². The Hall–Kier alpha value is -1.13. The molecule has 144 valence electrons. The topological polar surface area (TPSA) is 70.6 Å². The molecule has 26 heavy (non-hydrogen) atoms. The fraction of sp³-hybridized carbons (Fsp3) is 0.389. The molecule has 0 saturated carbocycles. The third-order valence-corrected chi connectivity index (χ3v) is 6.18. The van der Waals surface area contributed by atoms with Crippen LogP contribution in [0.5, 0.6) is 0 Å². The van der Waals surface area contributed by atoms with Gasteiger partial charge in [-0.25, -0.2) is 8.42 Å². The fourth-order valence-electron chi connectivity index (χ4n) is 2.28. The van der Waals surface area contributed by atoms with Gasteiger partial charge in [0.15, 0.2) is 15.8 Å². The highest BCUT2D eigenvalue weighted by atomic mass is 127. The van der Waals surface area contributed by atoms with Crippen LogP contribution in [0.15, 0.2) is 57.0 Å². The summed E-state index contributed by atoms with van der Waals surface area (Å²) in [5.74, 6) is 1.00. The van der Waals surface area contributed by atoms with Crippen LogP contribution in [-0.4, -0.2) is 39.8 Å². The Labute approximate surface area is 177 Å². The summed E-state index contributed by atoms with van der Waals surface area (Å²) < 4.78 is 24.6. The number of nitrogens with one attached hydrogen (secondary N) is 2. The first kappa shape index (κ1) is 22.9. The lowest BCUT2D eigenvalue weighted by molar-refractivity contribution is 0.594. The van der Waals surface area contributed by atoms with Crippen molar-refractivity contribution in [2.75, 3.05) is 25.4 Å². The van der Waals surface area contributed by atoms with Gasteiger partial charge >= 0.3 is 0 Å². The predicted octanol–water partition coefficient (Wildman–Crippen LogP) is 3.50. The average molecular weight is 507 g/mol. The maximum absolute atomic E-state index is 12.3. The van der Waals surface area contributed by atoms with Crippen LogP contribution in [0.1, 0.15) is 25.3 Å². The van der Waals surface area contributed by atoms with Crippen LogP contribution >= 0.6 is 35.3 Å². The highest BCUT2D eigenvalue weighted by molar-refractivity contribution is 14.0. The molecule has 1 atom stereocenters. The van der Waals surface area contributed by atoms with Gasteiger partial charge < -0.3 is 10.6 Å². The van der Waals surface area contributed by atoms with E-state index >= 15 is 0 Å². The van der Waals surface area contributed by atoms with E-state index in [9.17, 15) is 8.42 Å². The quantitative estimate of drug-likeness (QED) is 0.326. The molecule has 0 amide bonds. The summed E-state index contributed by atoms with van der Waals surface area (Å²) in [4.78, 5) is 4.92. The average Bonchev–Trinajstić information content (AvgIpc) is 3.15. The first-order valence-electron chi connectivity index (χ1n) is 8.35. The first-order valence-corrected chi connectivity index (χ1v) is 10.9. The zero-order valence-corrected chi connectivity index (χ0v) is 19.0. The molecule has 0 aliphatic carbocycles. The maximum atomic E-state index is 12.3. The molecule has 0 aliphatic heterocycles. The van der Waals surface area contributed by atoms with E-state index in [-0.39, 0.29) is 29.7 Å². The molecule has 5 nitrogen and oxygen atoms in total. The molecule has 0 radical (unpaired) electrons. The number of guanidine groups is 1. The van der Waals surface area contributed by atoms with Crippen molar-refractivity contribution in [3.05, 3.63) is 52.7 Å². The summed E-state index contributed by atoms with van der Waals surface area (Å²) in [6.45, 7) is 5.81. The van der Waals surface area contributed by atoms with Crippen LogP contribution in [0.4, 0.5) is 0 Å². The van der Waals surface area contributed by atoms with Gasteiger partial charge in [-0.1, -0.05) is 25.1 Å². The second-order valence-corrected chi connectivity index (χ2v) is 8.63. The van der Waals surface area contributed by atoms with Crippen LogP contribution in [-0.2, 0) is 9.84 Å². The summed E-state index contributed by atoms with van der Waals surface area (Å²) in [6, 6.07) is 10.6. The number of hydrogen-bond acceptors (Lipinski definition) is 4. The van der Waals surface area contributed by atoms with Crippen molar-refractivity contribution >= 4 is 51.1 Å². The first-order chi connectivity index (χ1) is 12.0. The number of aliphatic imine (C=N–C) groups is 1. The van der Waals surface area contributed by atoms with E-state index in [0.29, 0.717) is 29.9 Å². The van der Waals surface area contributed by atoms with Crippen LogP contribution < -0.4 is 10.6 Å². The minimum absolute atomic E-state index is 0. The summed E-state index contributed by atoms with van der Waals surface area (Å²) in [7, 11) is -3.28. The van der Waals surface area contributed by atoms with Gasteiger partial charge in [-0.3, -0.25) is 4.99 Å². The molecule has 1 unspecified atom stereocenters.